The van der Waals surface area contributed by atoms with Gasteiger partial charge in [-0.25, -0.2) is 4.79 Å². The minimum atomic E-state index is -0.377. The van der Waals surface area contributed by atoms with Crippen molar-refractivity contribution < 1.29 is 14.8 Å². The highest BCUT2D eigenvalue weighted by molar-refractivity contribution is 5.82. The van der Waals surface area contributed by atoms with E-state index < -0.39 is 0 Å². The molecule has 1 heterocycles. The molecule has 0 aliphatic heterocycles. The Balaban J connectivity index is 1.77. The molecule has 0 bridgehead atoms. The number of hydrogen-bond acceptors (Lipinski definition) is 3. The molecular weight excluding hydrogens is 302 g/mol. The van der Waals surface area contributed by atoms with Crippen molar-refractivity contribution in [1.82, 2.24) is 0 Å². The van der Waals surface area contributed by atoms with Gasteiger partial charge in [-0.05, 0) is 23.6 Å². The van der Waals surface area contributed by atoms with E-state index in [-0.39, 0.29) is 11.4 Å². The van der Waals surface area contributed by atoms with Gasteiger partial charge < -0.3 is 14.8 Å². The average Bonchev–Trinajstić information content (AvgIpc) is 2.58. The maximum atomic E-state index is 11.8. The van der Waals surface area contributed by atoms with Gasteiger partial charge in [0.25, 0.3) is 0 Å². The van der Waals surface area contributed by atoms with Crippen molar-refractivity contribution in [3.63, 3.8) is 0 Å². The number of aryl methyl sites for hydroxylation is 1. The van der Waals surface area contributed by atoms with Crippen LogP contribution >= 0.6 is 0 Å². The van der Waals surface area contributed by atoms with Crippen molar-refractivity contribution in [3.8, 4) is 5.75 Å². The molecule has 4 nitrogen and oxygen atoms in total. The quantitative estimate of drug-likeness (QED) is 0.540. The fourth-order valence-electron chi connectivity index (χ4n) is 2.93. The number of phenolic OH excluding ortho intramolecular Hbond substituents is 1. The zero-order valence-corrected chi connectivity index (χ0v) is 13.8. The topological polar surface area (TPSA) is 67.0 Å². The first-order chi connectivity index (χ1) is 11.7. The van der Waals surface area contributed by atoms with Crippen LogP contribution in [0.15, 0.2) is 57.7 Å². The fourth-order valence-corrected chi connectivity index (χ4v) is 2.93. The van der Waals surface area contributed by atoms with Crippen LogP contribution in [-0.4, -0.2) is 11.7 Å². The van der Waals surface area contributed by atoms with Gasteiger partial charge in [0, 0.05) is 29.5 Å². The second-order valence-electron chi connectivity index (χ2n) is 5.94. The molecule has 3 aromatic rings. The van der Waals surface area contributed by atoms with E-state index >= 15 is 0 Å². The number of fused-ring (bicyclic) bond motifs is 1. The Morgan fingerprint density at radius 1 is 1.08 bits per heavy atom. The molecule has 0 fully saturated rings. The lowest BCUT2D eigenvalue weighted by atomic mass is 10.0. The van der Waals surface area contributed by atoms with Gasteiger partial charge in [-0.15, -0.1) is 0 Å². The molecule has 0 spiro atoms. The number of quaternary nitrogens is 1. The molecule has 3 rings (SSSR count). The summed E-state index contributed by atoms with van der Waals surface area (Å²) in [5.74, 6) is 0.179. The van der Waals surface area contributed by atoms with E-state index in [9.17, 15) is 9.90 Å². The summed E-state index contributed by atoms with van der Waals surface area (Å²) in [5, 5.41) is 13.1. The van der Waals surface area contributed by atoms with Gasteiger partial charge in [0.2, 0.25) is 0 Å². The summed E-state index contributed by atoms with van der Waals surface area (Å²) < 4.78 is 5.23. The molecule has 3 N–H and O–H groups in total. The Labute approximate surface area is 140 Å². The van der Waals surface area contributed by atoms with Crippen molar-refractivity contribution in [2.75, 3.05) is 6.54 Å². The molecule has 24 heavy (non-hydrogen) atoms. The van der Waals surface area contributed by atoms with Crippen LogP contribution in [0.1, 0.15) is 23.6 Å². The first kappa shape index (κ1) is 16.3. The third-order valence-electron chi connectivity index (χ3n) is 4.25. The van der Waals surface area contributed by atoms with Crippen molar-refractivity contribution in [3.05, 3.63) is 75.6 Å². The maximum absolute atomic E-state index is 11.8. The molecule has 0 radical (unpaired) electrons. The van der Waals surface area contributed by atoms with E-state index in [4.69, 9.17) is 4.42 Å². The number of hydrogen-bond donors (Lipinski definition) is 2. The van der Waals surface area contributed by atoms with E-state index in [2.05, 4.69) is 17.4 Å². The molecule has 4 heteroatoms. The Kier molecular flexibility index (Phi) is 4.96. The third kappa shape index (κ3) is 3.66. The first-order valence-electron chi connectivity index (χ1n) is 8.31. The van der Waals surface area contributed by atoms with Crippen LogP contribution in [0.5, 0.6) is 5.75 Å². The third-order valence-corrected chi connectivity index (χ3v) is 4.25. The molecule has 0 saturated carbocycles. The van der Waals surface area contributed by atoms with Crippen LogP contribution in [0.4, 0.5) is 0 Å². The van der Waals surface area contributed by atoms with Gasteiger partial charge in [-0.1, -0.05) is 37.3 Å². The highest BCUT2D eigenvalue weighted by atomic mass is 16.4. The predicted octanol–water partition coefficient (Wildman–Crippen LogP) is 2.37. The molecule has 0 amide bonds. The largest absolute Gasteiger partial charge is 0.508 e. The number of benzene rings is 2. The second-order valence-corrected chi connectivity index (χ2v) is 5.94. The van der Waals surface area contributed by atoms with E-state index in [1.54, 1.807) is 12.1 Å². The Hall–Kier alpha value is -2.59. The number of aromatic hydroxyl groups is 1. The van der Waals surface area contributed by atoms with E-state index in [0.29, 0.717) is 12.1 Å². The lowest BCUT2D eigenvalue weighted by molar-refractivity contribution is -0.670. The maximum Gasteiger partial charge on any atom is 0.336 e. The molecule has 0 atom stereocenters. The van der Waals surface area contributed by atoms with Gasteiger partial charge in [0.05, 0.1) is 6.54 Å². The van der Waals surface area contributed by atoms with Crippen molar-refractivity contribution in [1.29, 1.82) is 0 Å². The molecule has 0 aliphatic rings. The van der Waals surface area contributed by atoms with E-state index in [1.807, 2.05) is 31.2 Å². The summed E-state index contributed by atoms with van der Waals surface area (Å²) in [6.07, 6.45) is 1.72. The zero-order chi connectivity index (χ0) is 16.9. The molecule has 0 saturated heterocycles. The van der Waals surface area contributed by atoms with Crippen LogP contribution in [-0.2, 0) is 19.4 Å². The summed E-state index contributed by atoms with van der Waals surface area (Å²) in [6.45, 7) is 3.65. The summed E-state index contributed by atoms with van der Waals surface area (Å²) in [5.41, 5.74) is 3.19. The molecule has 124 valence electrons. The molecule has 1 aromatic heterocycles. The van der Waals surface area contributed by atoms with Gasteiger partial charge >= 0.3 is 5.63 Å². The Morgan fingerprint density at radius 3 is 2.62 bits per heavy atom. The van der Waals surface area contributed by atoms with Crippen LogP contribution in [0, 0.1) is 0 Å². The summed E-state index contributed by atoms with van der Waals surface area (Å²) >= 11 is 0. The van der Waals surface area contributed by atoms with Crippen LogP contribution < -0.4 is 10.9 Å². The van der Waals surface area contributed by atoms with Gasteiger partial charge in [0.1, 0.15) is 17.9 Å². The number of nitrogens with two attached hydrogens (primary N) is 1. The minimum absolute atomic E-state index is 0.179. The minimum Gasteiger partial charge on any atom is -0.508 e. The number of phenols is 1. The highest BCUT2D eigenvalue weighted by Gasteiger charge is 2.11. The fraction of sp³-hybridized carbons (Fsp3) is 0.250. The zero-order valence-electron chi connectivity index (χ0n) is 13.8. The standard InChI is InChI=1S/C20H21NO3/c1-2-15-10-17-16(11-20(23)24-19(17)12-18(15)22)13-21-9-8-14-6-4-3-5-7-14/h3-7,10-12,21-22H,2,8-9,13H2,1H3/p+1. The number of rotatable bonds is 6. The van der Waals surface area contributed by atoms with E-state index in [1.165, 1.54) is 5.56 Å². The highest BCUT2D eigenvalue weighted by Crippen LogP contribution is 2.26. The van der Waals surface area contributed by atoms with E-state index in [0.717, 1.165) is 35.9 Å². The SMILES string of the molecule is CCc1cc2c(C[NH2+]CCc3ccccc3)cc(=O)oc2cc1O. The summed E-state index contributed by atoms with van der Waals surface area (Å²) in [6, 6.07) is 15.4. The van der Waals surface area contributed by atoms with Crippen molar-refractivity contribution >= 4 is 11.0 Å². The van der Waals surface area contributed by atoms with Gasteiger partial charge in [-0.3, -0.25) is 0 Å². The Morgan fingerprint density at radius 2 is 1.88 bits per heavy atom. The van der Waals surface area contributed by atoms with Crippen molar-refractivity contribution in [2.45, 2.75) is 26.3 Å². The molecular formula is C20H22NO3+. The van der Waals surface area contributed by atoms with Crippen LogP contribution in [0.3, 0.4) is 0 Å². The first-order valence-corrected chi connectivity index (χ1v) is 8.31. The monoisotopic (exact) mass is 324 g/mol. The molecule has 2 aromatic carbocycles. The Bertz CT molecular complexity index is 885. The van der Waals surface area contributed by atoms with Crippen LogP contribution in [0.2, 0.25) is 0 Å². The molecule has 0 unspecified atom stereocenters. The van der Waals surface area contributed by atoms with Gasteiger partial charge in [0.15, 0.2) is 0 Å². The predicted molar refractivity (Wildman–Crippen MR) is 94.2 cm³/mol. The normalized spacial score (nSPS) is 11.0. The summed E-state index contributed by atoms with van der Waals surface area (Å²) in [4.78, 5) is 11.8. The van der Waals surface area contributed by atoms with Gasteiger partial charge in [-0.2, -0.15) is 0 Å². The lowest BCUT2D eigenvalue weighted by Gasteiger charge is -2.08. The summed E-state index contributed by atoms with van der Waals surface area (Å²) in [7, 11) is 0. The molecule has 0 aliphatic carbocycles. The van der Waals surface area contributed by atoms with Crippen LogP contribution in [0.25, 0.3) is 11.0 Å². The second kappa shape index (κ2) is 7.32. The smallest absolute Gasteiger partial charge is 0.336 e. The van der Waals surface area contributed by atoms with Crippen molar-refractivity contribution in [2.24, 2.45) is 0 Å². The lowest BCUT2D eigenvalue weighted by Crippen LogP contribution is -2.83. The average molecular weight is 324 g/mol.